The Bertz CT molecular complexity index is 1670. The number of hydrogen-bond acceptors (Lipinski definition) is 5. The minimum Gasteiger partial charge on any atom is -0.507 e. The number of aliphatic carboxylic acids is 2. The van der Waals surface area contributed by atoms with Crippen LogP contribution in [0.1, 0.15) is 143 Å². The first kappa shape index (κ1) is 45.7. The number of rotatable bonds is 8. The number of nitrogens with one attached hydrogen (secondary N) is 1. The van der Waals surface area contributed by atoms with Gasteiger partial charge in [0.15, 0.2) is 0 Å². The number of nitrogens with two attached hydrogens (primary N) is 1. The Morgan fingerprint density at radius 2 is 0.907 bits per heavy atom. The second kappa shape index (κ2) is 17.8. The number of carboxylic acids is 2. The number of aromatic nitrogens is 1. The van der Waals surface area contributed by atoms with Crippen LogP contribution in [0.15, 0.2) is 54.6 Å². The molecular formula is C46H68N2O6. The van der Waals surface area contributed by atoms with E-state index < -0.39 is 11.9 Å². The number of H-pyrrole nitrogens is 1. The molecule has 0 amide bonds. The van der Waals surface area contributed by atoms with Gasteiger partial charge in [-0.1, -0.05) is 139 Å². The average molecular weight is 745 g/mol. The molecular weight excluding hydrogens is 677 g/mol. The number of fused-ring (bicyclic) bond motifs is 1. The molecule has 0 radical (unpaired) electrons. The first-order chi connectivity index (χ1) is 24.6. The largest absolute Gasteiger partial charge is 0.507 e. The van der Waals surface area contributed by atoms with Crippen LogP contribution in [0.2, 0.25) is 0 Å². The predicted octanol–water partition coefficient (Wildman–Crippen LogP) is 11.0. The highest BCUT2D eigenvalue weighted by Crippen LogP contribution is 2.41. The quantitative estimate of drug-likeness (QED) is 0.105. The third kappa shape index (κ3) is 12.6. The fraction of sp³-hybridized carbons (Fsp3) is 0.522. The molecule has 0 aliphatic heterocycles. The molecule has 0 aliphatic rings. The number of carbonyl (C=O) groups is 2. The van der Waals surface area contributed by atoms with Crippen LogP contribution >= 0.6 is 0 Å². The van der Waals surface area contributed by atoms with E-state index in [2.05, 4.69) is 88.1 Å². The second-order valence-electron chi connectivity index (χ2n) is 18.7. The van der Waals surface area contributed by atoms with E-state index in [1.165, 1.54) is 5.39 Å². The van der Waals surface area contributed by atoms with Crippen molar-refractivity contribution in [2.75, 3.05) is 5.73 Å². The van der Waals surface area contributed by atoms with Crippen molar-refractivity contribution >= 4 is 28.7 Å². The monoisotopic (exact) mass is 745 g/mol. The fourth-order valence-corrected chi connectivity index (χ4v) is 6.39. The molecule has 3 aromatic carbocycles. The van der Waals surface area contributed by atoms with Gasteiger partial charge in [-0.3, -0.25) is 9.59 Å². The maximum atomic E-state index is 11.3. The minimum absolute atomic E-state index is 0.189. The molecule has 1 aromatic heterocycles. The zero-order valence-electron chi connectivity index (χ0n) is 35.4. The normalized spacial score (nSPS) is 13.3. The fourth-order valence-electron chi connectivity index (χ4n) is 6.39. The van der Waals surface area contributed by atoms with Crippen molar-refractivity contribution in [1.29, 1.82) is 0 Å². The van der Waals surface area contributed by atoms with Crippen molar-refractivity contribution in [2.24, 2.45) is 11.8 Å². The Hall–Kier alpha value is -4.46. The standard InChI is InChI=1S/2C19H30O3.C8H8N2/c2*1-8-13(17(21)22)9-12-10-14(18(2,3)4)16(20)15(11-12)19(5,6)7;9-8-5-6-3-1-2-4-7(6)10-8/h2*10-11,13,20H,8-9H2,1-7H3,(H,21,22);1-5,10H,9H2. The summed E-state index contributed by atoms with van der Waals surface area (Å²) in [4.78, 5) is 25.7. The summed E-state index contributed by atoms with van der Waals surface area (Å²) in [5.41, 5.74) is 11.4. The van der Waals surface area contributed by atoms with Crippen LogP contribution in [-0.2, 0) is 44.1 Å². The van der Waals surface area contributed by atoms with E-state index in [4.69, 9.17) is 5.73 Å². The first-order valence-corrected chi connectivity index (χ1v) is 19.1. The smallest absolute Gasteiger partial charge is 0.306 e. The number of para-hydroxylation sites is 1. The summed E-state index contributed by atoms with van der Waals surface area (Å²) in [6.45, 7) is 28.5. The molecule has 0 spiro atoms. The van der Waals surface area contributed by atoms with Crippen molar-refractivity contribution in [3.63, 3.8) is 0 Å². The lowest BCUT2D eigenvalue weighted by atomic mass is 9.77. The number of carboxylic acid groups (broad SMARTS) is 2. The van der Waals surface area contributed by atoms with Gasteiger partial charge in [-0.2, -0.15) is 0 Å². The Morgan fingerprint density at radius 3 is 1.17 bits per heavy atom. The van der Waals surface area contributed by atoms with E-state index in [-0.39, 0.29) is 33.5 Å². The van der Waals surface area contributed by atoms with Crippen LogP contribution in [-0.4, -0.2) is 37.3 Å². The molecule has 4 aromatic rings. The van der Waals surface area contributed by atoms with Gasteiger partial charge >= 0.3 is 11.9 Å². The van der Waals surface area contributed by atoms with E-state index in [1.54, 1.807) is 0 Å². The van der Waals surface area contributed by atoms with E-state index in [9.17, 15) is 30.0 Å². The zero-order chi connectivity index (χ0) is 41.6. The molecule has 54 heavy (non-hydrogen) atoms. The summed E-state index contributed by atoms with van der Waals surface area (Å²) < 4.78 is 0. The number of hydrogen-bond donors (Lipinski definition) is 6. The van der Waals surface area contributed by atoms with Crippen LogP contribution in [0, 0.1) is 11.8 Å². The van der Waals surface area contributed by atoms with Gasteiger partial charge in [-0.05, 0) is 92.9 Å². The second-order valence-corrected chi connectivity index (χ2v) is 18.7. The Balaban J connectivity index is 0.000000298. The maximum Gasteiger partial charge on any atom is 0.306 e. The van der Waals surface area contributed by atoms with E-state index in [1.807, 2.05) is 68.4 Å². The molecule has 4 rings (SSSR count). The lowest BCUT2D eigenvalue weighted by Gasteiger charge is -2.28. The molecule has 298 valence electrons. The summed E-state index contributed by atoms with van der Waals surface area (Å²) in [6, 6.07) is 17.8. The zero-order valence-corrected chi connectivity index (χ0v) is 35.4. The molecule has 0 saturated carbocycles. The van der Waals surface area contributed by atoms with Gasteiger partial charge in [0.05, 0.1) is 11.8 Å². The minimum atomic E-state index is -0.759. The molecule has 2 atom stereocenters. The van der Waals surface area contributed by atoms with Gasteiger partial charge in [-0.15, -0.1) is 0 Å². The molecule has 0 bridgehead atoms. The van der Waals surface area contributed by atoms with E-state index >= 15 is 0 Å². The molecule has 0 fully saturated rings. The molecule has 8 nitrogen and oxygen atoms in total. The van der Waals surface area contributed by atoms with Crippen molar-refractivity contribution in [3.05, 3.63) is 88.0 Å². The van der Waals surface area contributed by atoms with Gasteiger partial charge in [0.25, 0.3) is 0 Å². The number of aromatic amines is 1. The molecule has 0 saturated heterocycles. The topological polar surface area (TPSA) is 157 Å². The van der Waals surface area contributed by atoms with Crippen LogP contribution in [0.4, 0.5) is 5.82 Å². The Kier molecular flexibility index (Phi) is 15.0. The summed E-state index contributed by atoms with van der Waals surface area (Å²) in [5, 5.41) is 41.1. The third-order valence-corrected chi connectivity index (χ3v) is 9.77. The van der Waals surface area contributed by atoms with Crippen LogP contribution in [0.25, 0.3) is 10.9 Å². The lowest BCUT2D eigenvalue weighted by Crippen LogP contribution is -2.20. The van der Waals surface area contributed by atoms with Crippen molar-refractivity contribution < 1.29 is 30.0 Å². The van der Waals surface area contributed by atoms with Crippen molar-refractivity contribution in [3.8, 4) is 11.5 Å². The van der Waals surface area contributed by atoms with Crippen molar-refractivity contribution in [1.82, 2.24) is 4.98 Å². The predicted molar refractivity (Wildman–Crippen MR) is 224 cm³/mol. The van der Waals surface area contributed by atoms with Gasteiger partial charge in [-0.25, -0.2) is 0 Å². The average Bonchev–Trinajstić information content (AvgIpc) is 3.41. The molecule has 8 heteroatoms. The number of aromatic hydroxyl groups is 2. The van der Waals surface area contributed by atoms with Crippen molar-refractivity contribution in [2.45, 2.75) is 144 Å². The van der Waals surface area contributed by atoms with Gasteiger partial charge in [0.2, 0.25) is 0 Å². The molecule has 1 heterocycles. The Morgan fingerprint density at radius 1 is 0.593 bits per heavy atom. The van der Waals surface area contributed by atoms with Crippen LogP contribution < -0.4 is 5.73 Å². The Labute approximate surface area is 324 Å². The van der Waals surface area contributed by atoms with Gasteiger partial charge in [0.1, 0.15) is 17.3 Å². The summed E-state index contributed by atoms with van der Waals surface area (Å²) in [6.07, 6.45) is 2.20. The maximum absolute atomic E-state index is 11.3. The molecule has 0 aliphatic carbocycles. The summed E-state index contributed by atoms with van der Waals surface area (Å²) in [7, 11) is 0. The molecule has 7 N–H and O–H groups in total. The number of anilines is 1. The number of benzene rings is 3. The number of phenols is 2. The highest BCUT2D eigenvalue weighted by atomic mass is 16.4. The summed E-state index contributed by atoms with van der Waals surface area (Å²) in [5.74, 6) is -0.883. The number of phenolic OH excluding ortho intramolecular Hbond substituents is 2. The SMILES string of the molecule is CCC(Cc1cc(C(C)(C)C)c(O)c(C(C)(C)C)c1)C(=O)O.CCC(Cc1cc(C(C)(C)C)c(O)c(C(C)(C)C)c1)C(=O)O.Nc1cc2ccccc2[nH]1. The van der Waals surface area contributed by atoms with E-state index in [0.29, 0.717) is 37.2 Å². The van der Waals surface area contributed by atoms with E-state index in [0.717, 1.165) is 44.7 Å². The number of nitrogen functional groups attached to an aromatic ring is 1. The van der Waals surface area contributed by atoms with Crippen LogP contribution in [0.5, 0.6) is 11.5 Å². The third-order valence-electron chi connectivity index (χ3n) is 9.77. The van der Waals surface area contributed by atoms with Gasteiger partial charge in [0, 0.05) is 10.9 Å². The highest BCUT2D eigenvalue weighted by Gasteiger charge is 2.29. The summed E-state index contributed by atoms with van der Waals surface area (Å²) >= 11 is 0. The lowest BCUT2D eigenvalue weighted by molar-refractivity contribution is -0.142. The first-order valence-electron chi connectivity index (χ1n) is 19.1. The van der Waals surface area contributed by atoms with Crippen LogP contribution in [0.3, 0.4) is 0 Å². The van der Waals surface area contributed by atoms with Gasteiger partial charge < -0.3 is 31.1 Å². The highest BCUT2D eigenvalue weighted by molar-refractivity contribution is 5.83. The molecule has 2 unspecified atom stereocenters.